The number of benzene rings is 2. The van der Waals surface area contributed by atoms with Crippen molar-refractivity contribution in [2.45, 2.75) is 104 Å². The number of aliphatic hydroxyl groups is 2. The van der Waals surface area contributed by atoms with Crippen molar-refractivity contribution in [3.05, 3.63) is 60.7 Å². The molecule has 0 spiro atoms. The number of Topliss-reactive ketones (excluding diaryl/α,β-unsaturated/α-hetero) is 1. The van der Waals surface area contributed by atoms with Crippen LogP contribution in [0.4, 0.5) is 0 Å². The molecule has 3 aliphatic carbocycles. The van der Waals surface area contributed by atoms with Gasteiger partial charge in [-0.1, -0.05) is 109 Å². The van der Waals surface area contributed by atoms with Gasteiger partial charge in [-0.2, -0.15) is 0 Å². The van der Waals surface area contributed by atoms with Gasteiger partial charge in [0.25, 0.3) is 8.32 Å². The van der Waals surface area contributed by atoms with Gasteiger partial charge >= 0.3 is 5.97 Å². The number of hydrogen-bond acceptors (Lipinski definition) is 6. The van der Waals surface area contributed by atoms with Crippen molar-refractivity contribution in [3.8, 4) is 0 Å². The van der Waals surface area contributed by atoms with Crippen LogP contribution in [0.25, 0.3) is 0 Å². The molecule has 45 heavy (non-hydrogen) atoms. The maximum absolute atomic E-state index is 14.1. The van der Waals surface area contributed by atoms with Crippen molar-refractivity contribution >= 4 is 30.4 Å². The van der Waals surface area contributed by atoms with Crippen molar-refractivity contribution in [3.63, 3.8) is 0 Å². The molecule has 7 heteroatoms. The molecule has 2 aromatic carbocycles. The van der Waals surface area contributed by atoms with Crippen LogP contribution in [-0.2, 0) is 18.8 Å². The fraction of sp³-hybridized carbons (Fsp3) is 0.632. The average Bonchev–Trinajstić information content (AvgIpc) is 3.36. The zero-order valence-electron chi connectivity index (χ0n) is 28.3. The predicted octanol–water partition coefficient (Wildman–Crippen LogP) is 5.67. The third-order valence-corrected chi connectivity index (χ3v) is 17.7. The van der Waals surface area contributed by atoms with E-state index in [2.05, 4.69) is 72.7 Å². The number of aliphatic hydroxyl groups excluding tert-OH is 2. The zero-order valence-corrected chi connectivity index (χ0v) is 29.3. The Morgan fingerprint density at radius 2 is 1.58 bits per heavy atom. The van der Waals surface area contributed by atoms with Gasteiger partial charge in [0.05, 0.1) is 6.10 Å². The summed E-state index contributed by atoms with van der Waals surface area (Å²) in [5, 5.41) is 24.6. The lowest BCUT2D eigenvalue weighted by Gasteiger charge is -2.62. The normalized spacial score (nSPS) is 35.3. The molecule has 0 amide bonds. The molecular formula is C38H54O6Si. The molecule has 1 unspecified atom stereocenters. The Morgan fingerprint density at radius 3 is 2.09 bits per heavy atom. The first kappa shape index (κ1) is 34.0. The van der Waals surface area contributed by atoms with Crippen LogP contribution in [0.2, 0.25) is 5.04 Å². The van der Waals surface area contributed by atoms with Crippen LogP contribution in [0.1, 0.15) is 87.0 Å². The van der Waals surface area contributed by atoms with Crippen LogP contribution >= 0.6 is 0 Å². The number of carbonyl (C=O) groups is 2. The Labute approximate surface area is 271 Å². The fourth-order valence-corrected chi connectivity index (χ4v) is 14.3. The van der Waals surface area contributed by atoms with Crippen LogP contribution in [0.5, 0.6) is 0 Å². The maximum atomic E-state index is 14.1. The second kappa shape index (κ2) is 12.4. The number of hydrogen-bond donors (Lipinski definition) is 2. The van der Waals surface area contributed by atoms with Crippen LogP contribution in [-0.4, -0.2) is 55.7 Å². The maximum Gasteiger partial charge on any atom is 0.331 e. The number of carbonyl (C=O) groups excluding carboxylic acids is 2. The Balaban J connectivity index is 1.53. The summed E-state index contributed by atoms with van der Waals surface area (Å²) in [6, 6.07) is 20.5. The van der Waals surface area contributed by atoms with Gasteiger partial charge in [-0.25, -0.2) is 4.79 Å². The van der Waals surface area contributed by atoms with Crippen LogP contribution in [0.15, 0.2) is 60.7 Å². The van der Waals surface area contributed by atoms with E-state index in [1.54, 1.807) is 0 Å². The standard InChI is InChI=1S/C38H54O6Si/c1-8-36(6)23-31(37(7)26(2)19-21-38(29(24-39)34(36)42)22-20-30(40)33(37)38)44-32(41)25-43-45(35(3,4)5,27-15-11-9-12-16-27)28-17-13-10-14-18-28/h9-18,26,29,31,33-34,39,42H,8,19-25H2,1-7H3/t26-,29-,31-,33?,34+,36+,37+,38+/m1/s1. The van der Waals surface area contributed by atoms with Gasteiger partial charge in [0.15, 0.2) is 0 Å². The van der Waals surface area contributed by atoms with E-state index in [4.69, 9.17) is 9.16 Å². The van der Waals surface area contributed by atoms with E-state index in [1.165, 1.54) is 0 Å². The van der Waals surface area contributed by atoms with Crippen molar-refractivity contribution in [2.24, 2.45) is 34.0 Å². The minimum atomic E-state index is -2.97. The Kier molecular flexibility index (Phi) is 9.35. The minimum absolute atomic E-state index is 0.128. The van der Waals surface area contributed by atoms with Crippen molar-refractivity contribution < 1.29 is 29.0 Å². The average molecular weight is 635 g/mol. The fourth-order valence-electron chi connectivity index (χ4n) is 9.86. The second-order valence-electron chi connectivity index (χ2n) is 15.8. The van der Waals surface area contributed by atoms with E-state index >= 15 is 0 Å². The highest BCUT2D eigenvalue weighted by molar-refractivity contribution is 6.99. The van der Waals surface area contributed by atoms with E-state index in [-0.39, 0.29) is 41.8 Å². The lowest BCUT2D eigenvalue weighted by atomic mass is 9.43. The van der Waals surface area contributed by atoms with Crippen molar-refractivity contribution in [1.82, 2.24) is 0 Å². The molecule has 0 aliphatic heterocycles. The van der Waals surface area contributed by atoms with E-state index < -0.39 is 42.7 Å². The molecule has 5 rings (SSSR count). The quantitative estimate of drug-likeness (QED) is 0.287. The lowest BCUT2D eigenvalue weighted by molar-refractivity contribution is -0.219. The van der Waals surface area contributed by atoms with E-state index in [0.29, 0.717) is 25.7 Å². The molecule has 0 radical (unpaired) electrons. The molecule has 0 saturated heterocycles. The van der Waals surface area contributed by atoms with Crippen molar-refractivity contribution in [2.75, 3.05) is 13.2 Å². The Morgan fingerprint density at radius 1 is 1.00 bits per heavy atom. The van der Waals surface area contributed by atoms with E-state index in [0.717, 1.165) is 23.2 Å². The smallest absolute Gasteiger partial charge is 0.331 e. The number of rotatable bonds is 8. The molecule has 8 atom stereocenters. The molecule has 2 bridgehead atoms. The summed E-state index contributed by atoms with van der Waals surface area (Å²) >= 11 is 0. The second-order valence-corrected chi connectivity index (χ2v) is 20.1. The molecule has 0 aromatic heterocycles. The first-order valence-electron chi connectivity index (χ1n) is 17.0. The molecule has 6 nitrogen and oxygen atoms in total. The monoisotopic (exact) mass is 634 g/mol. The van der Waals surface area contributed by atoms with Crippen LogP contribution < -0.4 is 10.4 Å². The summed E-state index contributed by atoms with van der Waals surface area (Å²) in [5.74, 6) is -0.892. The van der Waals surface area contributed by atoms with E-state index in [1.807, 2.05) is 36.4 Å². The highest BCUT2D eigenvalue weighted by Gasteiger charge is 2.69. The molecule has 3 fully saturated rings. The number of ketones is 1. The van der Waals surface area contributed by atoms with Gasteiger partial charge in [-0.15, -0.1) is 0 Å². The molecular weight excluding hydrogens is 580 g/mol. The predicted molar refractivity (Wildman–Crippen MR) is 180 cm³/mol. The van der Waals surface area contributed by atoms with Crippen LogP contribution in [0.3, 0.4) is 0 Å². The zero-order chi connectivity index (χ0) is 32.8. The summed E-state index contributed by atoms with van der Waals surface area (Å²) in [6.45, 7) is 14.6. The summed E-state index contributed by atoms with van der Waals surface area (Å²) in [5.41, 5.74) is -1.72. The Bertz CT molecular complexity index is 1320. The van der Waals surface area contributed by atoms with Gasteiger partial charge in [0, 0.05) is 30.3 Å². The summed E-state index contributed by atoms with van der Waals surface area (Å²) < 4.78 is 13.5. The molecule has 3 saturated carbocycles. The third kappa shape index (κ3) is 5.36. The SMILES string of the molecule is CC[C@@]1(C)C[C@@H](OC(=O)CO[Si](c2ccccc2)(c2ccccc2)C(C)(C)C)[C@@]2(C)C3C(=O)CC[C@@]3(CC[C@H]2C)[C@H](CO)[C@@H]1O. The topological polar surface area (TPSA) is 93.1 Å². The lowest BCUT2D eigenvalue weighted by Crippen LogP contribution is -2.67. The van der Waals surface area contributed by atoms with Crippen molar-refractivity contribution in [1.29, 1.82) is 0 Å². The first-order chi connectivity index (χ1) is 21.2. The highest BCUT2D eigenvalue weighted by Crippen LogP contribution is 2.68. The first-order valence-corrected chi connectivity index (χ1v) is 18.9. The number of esters is 1. The van der Waals surface area contributed by atoms with Gasteiger partial charge in [0.2, 0.25) is 0 Å². The summed E-state index contributed by atoms with van der Waals surface area (Å²) in [4.78, 5) is 27.9. The van der Waals surface area contributed by atoms with E-state index in [9.17, 15) is 19.8 Å². The summed E-state index contributed by atoms with van der Waals surface area (Å²) in [7, 11) is -2.97. The van der Waals surface area contributed by atoms with Gasteiger partial charge in [-0.3, -0.25) is 4.79 Å². The largest absolute Gasteiger partial charge is 0.460 e. The third-order valence-electron chi connectivity index (χ3n) is 12.7. The summed E-state index contributed by atoms with van der Waals surface area (Å²) in [6.07, 6.45) is 2.46. The molecule has 0 heterocycles. The van der Waals surface area contributed by atoms with Gasteiger partial charge < -0.3 is 19.4 Å². The molecule has 3 aliphatic rings. The molecule has 246 valence electrons. The van der Waals surface area contributed by atoms with Crippen LogP contribution in [0, 0.1) is 34.0 Å². The molecule has 2 aromatic rings. The highest BCUT2D eigenvalue weighted by atomic mass is 28.4. The minimum Gasteiger partial charge on any atom is -0.460 e. The van der Waals surface area contributed by atoms with Gasteiger partial charge in [0.1, 0.15) is 18.5 Å². The molecule has 2 N–H and O–H groups in total. The Hall–Kier alpha value is -2.32. The van der Waals surface area contributed by atoms with Gasteiger partial charge in [-0.05, 0) is 64.3 Å². The number of ether oxygens (including phenoxy) is 1.